The summed E-state index contributed by atoms with van der Waals surface area (Å²) in [6.45, 7) is 0.648. The number of carbonyl (C=O) groups is 1. The van der Waals surface area contributed by atoms with E-state index in [1.54, 1.807) is 0 Å². The van der Waals surface area contributed by atoms with Crippen LogP contribution in [0.2, 0.25) is 0 Å². The molecule has 1 aliphatic rings. The van der Waals surface area contributed by atoms with Crippen LogP contribution in [0.3, 0.4) is 0 Å². The average Bonchev–Trinajstić information content (AvgIpc) is 2.34. The maximum Gasteiger partial charge on any atom is 0.404 e. The largest absolute Gasteiger partial charge is 0.465 e. The van der Waals surface area contributed by atoms with Crippen LogP contribution >= 0.6 is 0 Å². The summed E-state index contributed by atoms with van der Waals surface area (Å²) in [7, 11) is 0. The first kappa shape index (κ1) is 7.38. The van der Waals surface area contributed by atoms with Crippen LogP contribution in [-0.2, 0) is 0 Å². The van der Waals surface area contributed by atoms with Crippen molar-refractivity contribution < 1.29 is 9.90 Å². The van der Waals surface area contributed by atoms with Gasteiger partial charge in [0.1, 0.15) is 0 Å². The molecule has 0 spiro atoms. The van der Waals surface area contributed by atoms with E-state index in [0.29, 0.717) is 12.5 Å². The molecule has 3 nitrogen and oxygen atoms in total. The molecule has 58 valence electrons. The molecule has 3 heteroatoms. The fourth-order valence-electron chi connectivity index (χ4n) is 1.45. The van der Waals surface area contributed by atoms with Gasteiger partial charge in [0.25, 0.3) is 0 Å². The van der Waals surface area contributed by atoms with Crippen LogP contribution < -0.4 is 5.32 Å². The zero-order chi connectivity index (χ0) is 7.40. The number of hydrogen-bond donors (Lipinski definition) is 2. The van der Waals surface area contributed by atoms with Crippen LogP contribution in [0.25, 0.3) is 0 Å². The molecule has 2 N–H and O–H groups in total. The maximum absolute atomic E-state index is 10.0. The van der Waals surface area contributed by atoms with Crippen LogP contribution in [0.1, 0.15) is 25.7 Å². The summed E-state index contributed by atoms with van der Waals surface area (Å²) in [6.07, 6.45) is 4.03. The topological polar surface area (TPSA) is 49.3 Å². The van der Waals surface area contributed by atoms with E-state index in [4.69, 9.17) is 5.11 Å². The van der Waals surface area contributed by atoms with Crippen molar-refractivity contribution >= 4 is 6.09 Å². The zero-order valence-electron chi connectivity index (χ0n) is 5.97. The van der Waals surface area contributed by atoms with Crippen molar-refractivity contribution in [2.24, 2.45) is 5.92 Å². The first-order chi connectivity index (χ1) is 4.79. The van der Waals surface area contributed by atoms with Gasteiger partial charge in [-0.2, -0.15) is 0 Å². The third-order valence-electron chi connectivity index (χ3n) is 2.02. The highest BCUT2D eigenvalue weighted by Crippen LogP contribution is 2.23. The van der Waals surface area contributed by atoms with E-state index in [1.807, 2.05) is 0 Å². The Labute approximate surface area is 60.4 Å². The average molecular weight is 143 g/mol. The summed E-state index contributed by atoms with van der Waals surface area (Å²) in [5.74, 6) is 0.607. The van der Waals surface area contributed by atoms with Crippen molar-refractivity contribution in [3.8, 4) is 0 Å². The van der Waals surface area contributed by atoms with Crippen molar-refractivity contribution in [2.45, 2.75) is 25.7 Å². The molecule has 0 saturated heterocycles. The summed E-state index contributed by atoms with van der Waals surface area (Å²) >= 11 is 0. The Bertz CT molecular complexity index is 119. The van der Waals surface area contributed by atoms with Gasteiger partial charge in [0, 0.05) is 6.54 Å². The molecule has 0 bridgehead atoms. The molecule has 0 aromatic rings. The molecule has 0 heterocycles. The van der Waals surface area contributed by atoms with Gasteiger partial charge in [-0.1, -0.05) is 12.8 Å². The summed E-state index contributed by atoms with van der Waals surface area (Å²) in [5, 5.41) is 10.7. The Balaban J connectivity index is 2.07. The van der Waals surface area contributed by atoms with Gasteiger partial charge in [-0.25, -0.2) is 4.79 Å². The summed E-state index contributed by atoms with van der Waals surface area (Å²) in [5.41, 5.74) is 0. The Morgan fingerprint density at radius 3 is 2.60 bits per heavy atom. The number of nitrogens with one attached hydrogen (secondary N) is 1. The molecular formula is C7H13NO2. The lowest BCUT2D eigenvalue weighted by Crippen LogP contribution is -2.26. The monoisotopic (exact) mass is 143 g/mol. The molecule has 0 aromatic heterocycles. The number of amides is 1. The number of hydrogen-bond acceptors (Lipinski definition) is 1. The zero-order valence-corrected chi connectivity index (χ0v) is 5.97. The molecule has 0 aliphatic heterocycles. The quantitative estimate of drug-likeness (QED) is 0.614. The second-order valence-electron chi connectivity index (χ2n) is 2.84. The van der Waals surface area contributed by atoms with E-state index in [2.05, 4.69) is 5.32 Å². The molecule has 1 fully saturated rings. The van der Waals surface area contributed by atoms with Crippen molar-refractivity contribution in [3.05, 3.63) is 0 Å². The van der Waals surface area contributed by atoms with Crippen molar-refractivity contribution in [3.63, 3.8) is 0 Å². The van der Waals surface area contributed by atoms with Crippen LogP contribution in [0, 0.1) is 5.92 Å². The molecule has 1 rings (SSSR count). The minimum Gasteiger partial charge on any atom is -0.465 e. The molecule has 0 aromatic carbocycles. The van der Waals surface area contributed by atoms with E-state index in [-0.39, 0.29) is 0 Å². The van der Waals surface area contributed by atoms with Crippen LogP contribution in [-0.4, -0.2) is 17.7 Å². The standard InChI is InChI=1S/C7H13NO2/c9-7(10)8-5-6-3-1-2-4-6/h6,8H,1-5H2,(H,9,10). The molecule has 0 radical (unpaired) electrons. The highest BCUT2D eigenvalue weighted by molar-refractivity contribution is 5.64. The van der Waals surface area contributed by atoms with Gasteiger partial charge in [0.15, 0.2) is 0 Å². The van der Waals surface area contributed by atoms with Crippen molar-refractivity contribution in [2.75, 3.05) is 6.54 Å². The van der Waals surface area contributed by atoms with Gasteiger partial charge < -0.3 is 10.4 Å². The number of rotatable bonds is 2. The Hall–Kier alpha value is -0.730. The third kappa shape index (κ3) is 2.25. The van der Waals surface area contributed by atoms with Gasteiger partial charge in [-0.3, -0.25) is 0 Å². The van der Waals surface area contributed by atoms with Crippen LogP contribution in [0.4, 0.5) is 4.79 Å². The van der Waals surface area contributed by atoms with Crippen molar-refractivity contribution in [1.82, 2.24) is 5.32 Å². The van der Waals surface area contributed by atoms with Crippen molar-refractivity contribution in [1.29, 1.82) is 0 Å². The van der Waals surface area contributed by atoms with Crippen LogP contribution in [0.15, 0.2) is 0 Å². The Morgan fingerprint density at radius 2 is 2.10 bits per heavy atom. The maximum atomic E-state index is 10.0. The molecule has 0 atom stereocenters. The molecule has 10 heavy (non-hydrogen) atoms. The smallest absolute Gasteiger partial charge is 0.404 e. The second kappa shape index (κ2) is 3.44. The third-order valence-corrected chi connectivity index (χ3v) is 2.02. The van der Waals surface area contributed by atoms with Gasteiger partial charge in [-0.05, 0) is 18.8 Å². The van der Waals surface area contributed by atoms with Gasteiger partial charge in [0.2, 0.25) is 0 Å². The van der Waals surface area contributed by atoms with E-state index in [0.717, 1.165) is 0 Å². The highest BCUT2D eigenvalue weighted by Gasteiger charge is 2.14. The molecule has 1 saturated carbocycles. The highest BCUT2D eigenvalue weighted by atomic mass is 16.4. The predicted octanol–water partition coefficient (Wildman–Crippen LogP) is 1.44. The lowest BCUT2D eigenvalue weighted by Gasteiger charge is -2.06. The minimum atomic E-state index is -0.896. The fourth-order valence-corrected chi connectivity index (χ4v) is 1.45. The first-order valence-corrected chi connectivity index (χ1v) is 3.76. The lowest BCUT2D eigenvalue weighted by atomic mass is 10.1. The molecule has 1 amide bonds. The summed E-state index contributed by atoms with van der Waals surface area (Å²) in [6, 6.07) is 0. The SMILES string of the molecule is O=C(O)NCC1CCCC1. The van der Waals surface area contributed by atoms with E-state index >= 15 is 0 Å². The van der Waals surface area contributed by atoms with E-state index < -0.39 is 6.09 Å². The normalized spacial score (nSPS) is 19.2. The van der Waals surface area contributed by atoms with Crippen LogP contribution in [0.5, 0.6) is 0 Å². The predicted molar refractivity (Wildman–Crippen MR) is 38.0 cm³/mol. The number of carboxylic acid groups (broad SMARTS) is 1. The summed E-state index contributed by atoms with van der Waals surface area (Å²) < 4.78 is 0. The summed E-state index contributed by atoms with van der Waals surface area (Å²) in [4.78, 5) is 10.0. The van der Waals surface area contributed by atoms with Gasteiger partial charge in [-0.15, -0.1) is 0 Å². The minimum absolute atomic E-state index is 0.607. The second-order valence-corrected chi connectivity index (χ2v) is 2.84. The van der Waals surface area contributed by atoms with E-state index in [1.165, 1.54) is 25.7 Å². The Kier molecular flexibility index (Phi) is 2.54. The van der Waals surface area contributed by atoms with E-state index in [9.17, 15) is 4.79 Å². The lowest BCUT2D eigenvalue weighted by molar-refractivity contribution is 0.192. The fraction of sp³-hybridized carbons (Fsp3) is 0.857. The first-order valence-electron chi connectivity index (χ1n) is 3.76. The van der Waals surface area contributed by atoms with Gasteiger partial charge in [0.05, 0.1) is 0 Å². The molecule has 1 aliphatic carbocycles. The Morgan fingerprint density at radius 1 is 1.50 bits per heavy atom. The van der Waals surface area contributed by atoms with Gasteiger partial charge >= 0.3 is 6.09 Å². The molecule has 0 unspecified atom stereocenters. The molecular weight excluding hydrogens is 130 g/mol.